The summed E-state index contributed by atoms with van der Waals surface area (Å²) in [6.45, 7) is 5.35. The number of benzene rings is 1. The number of nitrogens with zero attached hydrogens (tertiary/aromatic N) is 2. The first-order chi connectivity index (χ1) is 8.29. The predicted octanol–water partition coefficient (Wildman–Crippen LogP) is 3.06. The van der Waals surface area contributed by atoms with Crippen LogP contribution in [0.4, 0.5) is 10.5 Å². The molecule has 1 aromatic carbocycles. The third-order valence-corrected chi connectivity index (χ3v) is 2.53. The zero-order valence-electron chi connectivity index (χ0n) is 10.4. The summed E-state index contributed by atoms with van der Waals surface area (Å²) in [5.74, 6) is 0. The van der Waals surface area contributed by atoms with Gasteiger partial charge in [0.15, 0.2) is 5.15 Å². The molecule has 0 unspecified atom stereocenters. The Bertz CT molecular complexity index is 614. The summed E-state index contributed by atoms with van der Waals surface area (Å²) in [5, 5.41) is 4.71. The number of hydrogen-bond acceptors (Lipinski definition) is 4. The maximum atomic E-state index is 12.0. The van der Waals surface area contributed by atoms with E-state index in [1.54, 1.807) is 39.0 Å². The third-order valence-electron chi connectivity index (χ3n) is 2.26. The molecule has 0 atom stereocenters. The van der Waals surface area contributed by atoms with Gasteiger partial charge in [-0.2, -0.15) is 4.68 Å². The van der Waals surface area contributed by atoms with Crippen molar-refractivity contribution in [3.63, 3.8) is 0 Å². The van der Waals surface area contributed by atoms with E-state index in [9.17, 15) is 4.79 Å². The molecule has 0 saturated carbocycles. The lowest BCUT2D eigenvalue weighted by Gasteiger charge is -2.19. The van der Waals surface area contributed by atoms with Crippen LogP contribution >= 0.6 is 11.6 Å². The highest BCUT2D eigenvalue weighted by atomic mass is 35.5. The molecule has 0 amide bonds. The van der Waals surface area contributed by atoms with Gasteiger partial charge in [0.1, 0.15) is 5.60 Å². The van der Waals surface area contributed by atoms with E-state index in [0.717, 1.165) is 4.68 Å². The van der Waals surface area contributed by atoms with Crippen LogP contribution in [0.3, 0.4) is 0 Å². The van der Waals surface area contributed by atoms with E-state index in [2.05, 4.69) is 5.10 Å². The van der Waals surface area contributed by atoms with Gasteiger partial charge in [0.25, 0.3) is 0 Å². The first-order valence-electron chi connectivity index (χ1n) is 5.45. The second kappa shape index (κ2) is 4.17. The number of nitrogens with two attached hydrogens (primary N) is 1. The number of ether oxygens (including phenoxy) is 1. The van der Waals surface area contributed by atoms with E-state index in [1.807, 2.05) is 0 Å². The van der Waals surface area contributed by atoms with Crippen LogP contribution in [0, 0.1) is 0 Å². The zero-order valence-corrected chi connectivity index (χ0v) is 11.2. The van der Waals surface area contributed by atoms with E-state index in [0.29, 0.717) is 16.6 Å². The Morgan fingerprint density at radius 2 is 2.11 bits per heavy atom. The van der Waals surface area contributed by atoms with Crippen LogP contribution in [0.25, 0.3) is 10.9 Å². The summed E-state index contributed by atoms with van der Waals surface area (Å²) in [5.41, 5.74) is 6.23. The normalized spacial score (nSPS) is 11.8. The quantitative estimate of drug-likeness (QED) is 0.745. The fourth-order valence-corrected chi connectivity index (χ4v) is 1.88. The van der Waals surface area contributed by atoms with Crippen molar-refractivity contribution in [2.75, 3.05) is 5.73 Å². The van der Waals surface area contributed by atoms with Gasteiger partial charge in [-0.1, -0.05) is 17.7 Å². The Labute approximate surface area is 109 Å². The molecule has 0 bridgehead atoms. The Balaban J connectivity index is 2.53. The van der Waals surface area contributed by atoms with E-state index in [4.69, 9.17) is 22.1 Å². The van der Waals surface area contributed by atoms with Crippen molar-refractivity contribution in [2.24, 2.45) is 0 Å². The van der Waals surface area contributed by atoms with Gasteiger partial charge in [-0.05, 0) is 32.9 Å². The van der Waals surface area contributed by atoms with Crippen LogP contribution in [0.5, 0.6) is 0 Å². The number of carbonyl (C=O) groups is 1. The molecular formula is C12H14ClN3O2. The summed E-state index contributed by atoms with van der Waals surface area (Å²) in [4.78, 5) is 12.0. The predicted molar refractivity (Wildman–Crippen MR) is 70.8 cm³/mol. The van der Waals surface area contributed by atoms with Gasteiger partial charge in [0.2, 0.25) is 0 Å². The summed E-state index contributed by atoms with van der Waals surface area (Å²) in [6, 6.07) is 5.15. The highest BCUT2D eigenvalue weighted by molar-refractivity contribution is 6.35. The Kier molecular flexibility index (Phi) is 2.94. The Morgan fingerprint density at radius 3 is 2.72 bits per heavy atom. The van der Waals surface area contributed by atoms with Gasteiger partial charge in [-0.25, -0.2) is 4.79 Å². The number of hydrogen-bond donors (Lipinski definition) is 1. The lowest BCUT2D eigenvalue weighted by molar-refractivity contribution is 0.0523. The van der Waals surface area contributed by atoms with Crippen LogP contribution in [0.15, 0.2) is 18.2 Å². The fourth-order valence-electron chi connectivity index (χ4n) is 1.59. The fraction of sp³-hybridized carbons (Fsp3) is 0.333. The van der Waals surface area contributed by atoms with E-state index in [1.165, 1.54) is 0 Å². The zero-order chi connectivity index (χ0) is 13.5. The molecule has 0 aliphatic heterocycles. The van der Waals surface area contributed by atoms with Crippen molar-refractivity contribution in [1.82, 2.24) is 9.78 Å². The number of aromatic nitrogens is 2. The molecule has 6 heteroatoms. The number of fused-ring (bicyclic) bond motifs is 1. The molecule has 96 valence electrons. The van der Waals surface area contributed by atoms with Crippen molar-refractivity contribution < 1.29 is 9.53 Å². The lowest BCUT2D eigenvalue weighted by Crippen LogP contribution is -2.27. The van der Waals surface area contributed by atoms with E-state index < -0.39 is 11.7 Å². The molecule has 1 aromatic heterocycles. The van der Waals surface area contributed by atoms with Crippen molar-refractivity contribution in [1.29, 1.82) is 0 Å². The van der Waals surface area contributed by atoms with Crippen molar-refractivity contribution in [3.8, 4) is 0 Å². The SMILES string of the molecule is CC(C)(C)OC(=O)n1nc(Cl)c2c(N)cccc21. The summed E-state index contributed by atoms with van der Waals surface area (Å²) < 4.78 is 6.37. The molecule has 0 fully saturated rings. The highest BCUT2D eigenvalue weighted by Crippen LogP contribution is 2.28. The first-order valence-corrected chi connectivity index (χ1v) is 5.83. The van der Waals surface area contributed by atoms with Gasteiger partial charge in [0.05, 0.1) is 10.9 Å². The smallest absolute Gasteiger partial charge is 0.435 e. The number of halogens is 1. The molecule has 0 spiro atoms. The second-order valence-electron chi connectivity index (χ2n) is 4.92. The minimum atomic E-state index is -0.595. The monoisotopic (exact) mass is 267 g/mol. The van der Waals surface area contributed by atoms with Gasteiger partial charge < -0.3 is 10.5 Å². The molecule has 0 aliphatic carbocycles. The lowest BCUT2D eigenvalue weighted by atomic mass is 10.2. The van der Waals surface area contributed by atoms with Gasteiger partial charge in [-0.3, -0.25) is 0 Å². The first kappa shape index (κ1) is 12.7. The molecule has 2 N–H and O–H groups in total. The Morgan fingerprint density at radius 1 is 1.44 bits per heavy atom. The third kappa shape index (κ3) is 2.26. The van der Waals surface area contributed by atoms with Crippen LogP contribution in [0.2, 0.25) is 5.15 Å². The number of carbonyl (C=O) groups excluding carboxylic acids is 1. The number of anilines is 1. The molecule has 1 heterocycles. The van der Waals surface area contributed by atoms with E-state index >= 15 is 0 Å². The van der Waals surface area contributed by atoms with Gasteiger partial charge >= 0.3 is 6.09 Å². The second-order valence-corrected chi connectivity index (χ2v) is 5.28. The minimum absolute atomic E-state index is 0.189. The molecule has 0 radical (unpaired) electrons. The van der Waals surface area contributed by atoms with Crippen LogP contribution < -0.4 is 5.73 Å². The highest BCUT2D eigenvalue weighted by Gasteiger charge is 2.22. The van der Waals surface area contributed by atoms with Crippen LogP contribution in [-0.2, 0) is 4.74 Å². The summed E-state index contributed by atoms with van der Waals surface area (Å²) >= 11 is 5.98. The van der Waals surface area contributed by atoms with E-state index in [-0.39, 0.29) is 5.15 Å². The van der Waals surface area contributed by atoms with Crippen LogP contribution in [0.1, 0.15) is 20.8 Å². The average molecular weight is 268 g/mol. The van der Waals surface area contributed by atoms with Crippen molar-refractivity contribution in [2.45, 2.75) is 26.4 Å². The van der Waals surface area contributed by atoms with Crippen molar-refractivity contribution >= 4 is 34.3 Å². The summed E-state index contributed by atoms with van der Waals surface area (Å²) in [6.07, 6.45) is -0.579. The van der Waals surface area contributed by atoms with Crippen LogP contribution in [-0.4, -0.2) is 21.5 Å². The molecule has 2 aromatic rings. The maximum absolute atomic E-state index is 12.0. The number of nitrogen functional groups attached to an aromatic ring is 1. The van der Waals surface area contributed by atoms with Gasteiger partial charge in [0, 0.05) is 5.69 Å². The molecular weight excluding hydrogens is 254 g/mol. The average Bonchev–Trinajstić information content (AvgIpc) is 2.55. The molecule has 5 nitrogen and oxygen atoms in total. The largest absolute Gasteiger partial charge is 0.442 e. The molecule has 0 saturated heterocycles. The topological polar surface area (TPSA) is 70.1 Å². The van der Waals surface area contributed by atoms with Gasteiger partial charge in [-0.15, -0.1) is 5.10 Å². The standard InChI is InChI=1S/C12H14ClN3O2/c1-12(2,3)18-11(17)16-8-6-4-5-7(14)9(8)10(13)15-16/h4-6H,14H2,1-3H3. The number of rotatable bonds is 0. The molecule has 18 heavy (non-hydrogen) atoms. The Hall–Kier alpha value is -1.75. The summed E-state index contributed by atoms with van der Waals surface area (Å²) in [7, 11) is 0. The molecule has 2 rings (SSSR count). The maximum Gasteiger partial charge on any atom is 0.435 e. The van der Waals surface area contributed by atoms with Crippen molar-refractivity contribution in [3.05, 3.63) is 23.4 Å². The molecule has 0 aliphatic rings. The minimum Gasteiger partial charge on any atom is -0.442 e.